The maximum absolute atomic E-state index is 2.73. The number of hydrogen-bond acceptors (Lipinski definition) is 1. The molecule has 1 heteroatoms. The molecule has 3 unspecified atom stereocenters. The topological polar surface area (TPSA) is 3.24 Å². The minimum Gasteiger partial charge on any atom is -0.295 e. The first-order valence-corrected chi connectivity index (χ1v) is 6.07. The van der Waals surface area contributed by atoms with Gasteiger partial charge in [0.2, 0.25) is 0 Å². The van der Waals surface area contributed by atoms with E-state index < -0.39 is 0 Å². The zero-order valence-electron chi connectivity index (χ0n) is 10.6. The van der Waals surface area contributed by atoms with Gasteiger partial charge in [-0.2, -0.15) is 0 Å². The van der Waals surface area contributed by atoms with Crippen molar-refractivity contribution >= 4 is 0 Å². The molecular weight excluding hydrogens is 170 g/mol. The molecule has 1 saturated carbocycles. The molecule has 2 rings (SSSR count). The summed E-state index contributed by atoms with van der Waals surface area (Å²) in [7, 11) is 0. The Morgan fingerprint density at radius 3 is 2.29 bits per heavy atom. The van der Waals surface area contributed by atoms with Gasteiger partial charge in [0, 0.05) is 18.1 Å². The third-order valence-corrected chi connectivity index (χ3v) is 4.63. The van der Waals surface area contributed by atoms with Crippen LogP contribution in [0.25, 0.3) is 0 Å². The average molecular weight is 195 g/mol. The van der Waals surface area contributed by atoms with Gasteiger partial charge in [-0.1, -0.05) is 20.8 Å². The second-order valence-corrected chi connectivity index (χ2v) is 6.75. The summed E-state index contributed by atoms with van der Waals surface area (Å²) in [6, 6.07) is 0.843. The number of nitrogens with zero attached hydrogens (tertiary/aromatic N) is 1. The van der Waals surface area contributed by atoms with Gasteiger partial charge in [-0.05, 0) is 44.4 Å². The highest BCUT2D eigenvalue weighted by Gasteiger charge is 2.66. The summed E-state index contributed by atoms with van der Waals surface area (Å²) >= 11 is 0. The summed E-state index contributed by atoms with van der Waals surface area (Å²) < 4.78 is 0. The molecule has 1 nitrogen and oxygen atoms in total. The molecule has 0 aromatic heterocycles. The lowest BCUT2D eigenvalue weighted by molar-refractivity contribution is 0.0776. The molecule has 1 aliphatic heterocycles. The Hall–Kier alpha value is -0.0400. The summed E-state index contributed by atoms with van der Waals surface area (Å²) in [4.78, 5) is 2.73. The first kappa shape index (κ1) is 10.5. The number of hydrogen-bond donors (Lipinski definition) is 0. The quantitative estimate of drug-likeness (QED) is 0.621. The molecule has 2 fully saturated rings. The first-order chi connectivity index (χ1) is 6.30. The van der Waals surface area contributed by atoms with E-state index in [0.717, 1.165) is 17.9 Å². The van der Waals surface area contributed by atoms with Crippen molar-refractivity contribution in [3.05, 3.63) is 0 Å². The van der Waals surface area contributed by atoms with Crippen LogP contribution in [-0.2, 0) is 0 Å². The van der Waals surface area contributed by atoms with E-state index in [1.54, 1.807) is 0 Å². The highest BCUT2D eigenvalue weighted by Crippen LogP contribution is 2.66. The maximum atomic E-state index is 2.73. The largest absolute Gasteiger partial charge is 0.295 e. The SMILES string of the molecule is CCC1C2C(CN1C(C)(C)C)C2(C)C. The summed E-state index contributed by atoms with van der Waals surface area (Å²) in [5.41, 5.74) is 1.01. The lowest BCUT2D eigenvalue weighted by atomic mass is 9.95. The minimum atomic E-state index is 0.365. The Labute approximate surface area is 88.9 Å². The van der Waals surface area contributed by atoms with E-state index >= 15 is 0 Å². The number of likely N-dealkylation sites (tertiary alicyclic amines) is 1. The minimum absolute atomic E-state index is 0.365. The van der Waals surface area contributed by atoms with Gasteiger partial charge in [0.1, 0.15) is 0 Å². The molecule has 0 aromatic carbocycles. The van der Waals surface area contributed by atoms with E-state index in [0.29, 0.717) is 11.0 Å². The third-order valence-electron chi connectivity index (χ3n) is 4.63. The van der Waals surface area contributed by atoms with E-state index in [4.69, 9.17) is 0 Å². The van der Waals surface area contributed by atoms with Crippen LogP contribution in [0.1, 0.15) is 48.0 Å². The van der Waals surface area contributed by atoms with Crippen LogP contribution in [-0.4, -0.2) is 23.0 Å². The van der Waals surface area contributed by atoms with Crippen LogP contribution in [0, 0.1) is 17.3 Å². The predicted molar refractivity (Wildman–Crippen MR) is 61.3 cm³/mol. The van der Waals surface area contributed by atoms with Crippen molar-refractivity contribution in [1.29, 1.82) is 0 Å². The van der Waals surface area contributed by atoms with Crippen molar-refractivity contribution in [2.75, 3.05) is 6.54 Å². The second-order valence-electron chi connectivity index (χ2n) is 6.75. The van der Waals surface area contributed by atoms with Gasteiger partial charge in [-0.25, -0.2) is 0 Å². The normalized spacial score (nSPS) is 41.1. The maximum Gasteiger partial charge on any atom is 0.0135 e. The molecule has 0 spiro atoms. The molecular formula is C13H25N. The summed E-state index contributed by atoms with van der Waals surface area (Å²) in [5, 5.41) is 0. The standard InChI is InChI=1S/C13H25N/c1-7-10-11-9(13(11,5)6)8-14(10)12(2,3)4/h9-11H,7-8H2,1-6H3. The Kier molecular flexibility index (Phi) is 2.06. The monoisotopic (exact) mass is 195 g/mol. The van der Waals surface area contributed by atoms with Crippen molar-refractivity contribution in [2.24, 2.45) is 17.3 Å². The Bertz CT molecular complexity index is 236. The fraction of sp³-hybridized carbons (Fsp3) is 1.00. The average Bonchev–Trinajstić information content (AvgIpc) is 2.46. The van der Waals surface area contributed by atoms with Crippen LogP contribution >= 0.6 is 0 Å². The van der Waals surface area contributed by atoms with E-state index in [1.165, 1.54) is 13.0 Å². The molecule has 0 aromatic rings. The van der Waals surface area contributed by atoms with Crippen LogP contribution in [0.4, 0.5) is 0 Å². The van der Waals surface area contributed by atoms with Crippen molar-refractivity contribution in [3.63, 3.8) is 0 Å². The molecule has 2 aliphatic rings. The van der Waals surface area contributed by atoms with E-state index in [9.17, 15) is 0 Å². The van der Waals surface area contributed by atoms with Crippen LogP contribution in [0.15, 0.2) is 0 Å². The number of fused-ring (bicyclic) bond motifs is 1. The van der Waals surface area contributed by atoms with Gasteiger partial charge in [-0.3, -0.25) is 4.90 Å². The van der Waals surface area contributed by atoms with Gasteiger partial charge in [0.25, 0.3) is 0 Å². The predicted octanol–water partition coefficient (Wildman–Crippen LogP) is 3.15. The molecule has 1 aliphatic carbocycles. The first-order valence-electron chi connectivity index (χ1n) is 6.07. The van der Waals surface area contributed by atoms with Gasteiger partial charge < -0.3 is 0 Å². The molecule has 3 atom stereocenters. The van der Waals surface area contributed by atoms with Gasteiger partial charge >= 0.3 is 0 Å². The second kappa shape index (κ2) is 2.75. The summed E-state index contributed by atoms with van der Waals surface area (Å²) in [6.45, 7) is 15.6. The fourth-order valence-electron chi connectivity index (χ4n) is 3.69. The molecule has 14 heavy (non-hydrogen) atoms. The lowest BCUT2D eigenvalue weighted by Crippen LogP contribution is -2.47. The van der Waals surface area contributed by atoms with Gasteiger partial charge in [0.05, 0.1) is 0 Å². The summed E-state index contributed by atoms with van der Waals surface area (Å²) in [5.74, 6) is 1.96. The van der Waals surface area contributed by atoms with E-state index in [1.807, 2.05) is 0 Å². The van der Waals surface area contributed by atoms with Crippen LogP contribution in [0.2, 0.25) is 0 Å². The number of piperidine rings is 1. The zero-order chi connectivity index (χ0) is 10.7. The fourth-order valence-corrected chi connectivity index (χ4v) is 3.69. The molecule has 0 bridgehead atoms. The van der Waals surface area contributed by atoms with Crippen molar-refractivity contribution in [1.82, 2.24) is 4.90 Å². The highest BCUT2D eigenvalue weighted by atomic mass is 15.3. The molecule has 1 saturated heterocycles. The molecule has 0 amide bonds. The molecule has 1 heterocycles. The summed E-state index contributed by atoms with van der Waals surface area (Å²) in [6.07, 6.45) is 1.32. The third kappa shape index (κ3) is 1.25. The van der Waals surface area contributed by atoms with Crippen LogP contribution < -0.4 is 0 Å². The van der Waals surface area contributed by atoms with Crippen LogP contribution in [0.3, 0.4) is 0 Å². The van der Waals surface area contributed by atoms with Gasteiger partial charge in [0.15, 0.2) is 0 Å². The Morgan fingerprint density at radius 1 is 1.29 bits per heavy atom. The van der Waals surface area contributed by atoms with Crippen molar-refractivity contribution in [2.45, 2.75) is 59.5 Å². The van der Waals surface area contributed by atoms with E-state index in [-0.39, 0.29) is 0 Å². The smallest absolute Gasteiger partial charge is 0.0135 e. The van der Waals surface area contributed by atoms with Crippen LogP contribution in [0.5, 0.6) is 0 Å². The van der Waals surface area contributed by atoms with Crippen molar-refractivity contribution < 1.29 is 0 Å². The Morgan fingerprint density at radius 2 is 1.86 bits per heavy atom. The Balaban J connectivity index is 2.14. The zero-order valence-corrected chi connectivity index (χ0v) is 10.6. The van der Waals surface area contributed by atoms with Crippen molar-refractivity contribution in [3.8, 4) is 0 Å². The molecule has 82 valence electrons. The van der Waals surface area contributed by atoms with Gasteiger partial charge in [-0.15, -0.1) is 0 Å². The number of rotatable bonds is 1. The lowest BCUT2D eigenvalue weighted by Gasteiger charge is -2.40. The highest BCUT2D eigenvalue weighted by molar-refractivity contribution is 5.17. The molecule has 0 N–H and O–H groups in total. The molecule has 0 radical (unpaired) electrons. The van der Waals surface area contributed by atoms with E-state index in [2.05, 4.69) is 46.4 Å².